The second-order valence-electron chi connectivity index (χ2n) is 6.24. The van der Waals surface area contributed by atoms with Crippen molar-refractivity contribution in [3.8, 4) is 0 Å². The molecule has 0 radical (unpaired) electrons. The van der Waals surface area contributed by atoms with Crippen LogP contribution in [0.1, 0.15) is 57.8 Å². The van der Waals surface area contributed by atoms with Gasteiger partial charge in [0.05, 0.1) is 0 Å². The summed E-state index contributed by atoms with van der Waals surface area (Å²) in [4.78, 5) is 14.2. The first-order valence-electron chi connectivity index (χ1n) is 7.22. The normalized spacial score (nSPS) is 36.9. The first-order chi connectivity index (χ1) is 8.22. The van der Waals surface area contributed by atoms with Gasteiger partial charge in [0, 0.05) is 12.6 Å². The van der Waals surface area contributed by atoms with Gasteiger partial charge in [-0.2, -0.15) is 0 Å². The summed E-state index contributed by atoms with van der Waals surface area (Å²) in [5, 5.41) is 9.76. The zero-order valence-electron chi connectivity index (χ0n) is 10.5. The third kappa shape index (κ3) is 1.79. The molecule has 2 aliphatic carbocycles. The van der Waals surface area contributed by atoms with Crippen molar-refractivity contribution < 1.29 is 9.90 Å². The maximum absolute atomic E-state index is 11.9. The van der Waals surface area contributed by atoms with E-state index in [1.165, 1.54) is 32.1 Å². The minimum Gasteiger partial charge on any atom is -0.480 e. The highest BCUT2D eigenvalue weighted by Gasteiger charge is 2.52. The molecule has 0 amide bonds. The highest BCUT2D eigenvalue weighted by Crippen LogP contribution is 2.45. The van der Waals surface area contributed by atoms with Gasteiger partial charge < -0.3 is 5.11 Å². The first kappa shape index (κ1) is 11.5. The van der Waals surface area contributed by atoms with Gasteiger partial charge in [0.15, 0.2) is 0 Å². The number of aliphatic carboxylic acids is 1. The number of carboxylic acids is 1. The average Bonchev–Trinajstić information content (AvgIpc) is 2.84. The molecule has 0 aromatic rings. The standard InChI is InChI=1S/C14H23NO2/c16-13(17)14(7-3-1-2-4-8-14)15-10-11-5-6-12(15)9-11/h11-12H,1-10H2,(H,16,17). The Bertz CT molecular complexity index is 307. The lowest BCUT2D eigenvalue weighted by molar-refractivity contribution is -0.154. The Morgan fingerprint density at radius 1 is 1.12 bits per heavy atom. The molecule has 3 rings (SSSR count). The topological polar surface area (TPSA) is 40.5 Å². The van der Waals surface area contributed by atoms with Gasteiger partial charge in [-0.15, -0.1) is 0 Å². The van der Waals surface area contributed by atoms with E-state index in [1.807, 2.05) is 0 Å². The van der Waals surface area contributed by atoms with Crippen LogP contribution in [0.25, 0.3) is 0 Å². The number of carbonyl (C=O) groups is 1. The first-order valence-corrected chi connectivity index (χ1v) is 7.22. The highest BCUT2D eigenvalue weighted by molar-refractivity contribution is 5.79. The summed E-state index contributed by atoms with van der Waals surface area (Å²) in [7, 11) is 0. The Morgan fingerprint density at radius 2 is 1.82 bits per heavy atom. The Labute approximate surface area is 103 Å². The van der Waals surface area contributed by atoms with Crippen molar-refractivity contribution in [2.45, 2.75) is 69.4 Å². The second kappa shape index (κ2) is 4.27. The summed E-state index contributed by atoms with van der Waals surface area (Å²) >= 11 is 0. The van der Waals surface area contributed by atoms with Gasteiger partial charge in [0.25, 0.3) is 0 Å². The number of rotatable bonds is 2. The molecule has 3 heteroatoms. The number of nitrogens with zero attached hydrogens (tertiary/aromatic N) is 1. The van der Waals surface area contributed by atoms with E-state index in [4.69, 9.17) is 0 Å². The van der Waals surface area contributed by atoms with Gasteiger partial charge in [0.2, 0.25) is 0 Å². The Hall–Kier alpha value is -0.570. The third-order valence-corrected chi connectivity index (χ3v) is 5.29. The highest BCUT2D eigenvalue weighted by atomic mass is 16.4. The summed E-state index contributed by atoms with van der Waals surface area (Å²) in [6, 6.07) is 0.578. The van der Waals surface area contributed by atoms with E-state index >= 15 is 0 Å². The summed E-state index contributed by atoms with van der Waals surface area (Å²) in [6.45, 7) is 1.05. The predicted molar refractivity (Wildman–Crippen MR) is 65.9 cm³/mol. The van der Waals surface area contributed by atoms with Gasteiger partial charge in [-0.1, -0.05) is 25.7 Å². The molecule has 3 fully saturated rings. The van der Waals surface area contributed by atoms with Crippen LogP contribution in [0.2, 0.25) is 0 Å². The zero-order chi connectivity index (χ0) is 11.9. The maximum atomic E-state index is 11.9. The SMILES string of the molecule is O=C(O)C1(N2CC3CCC2C3)CCCCCC1. The van der Waals surface area contributed by atoms with Crippen LogP contribution in [-0.2, 0) is 4.79 Å². The number of hydrogen-bond acceptors (Lipinski definition) is 2. The molecule has 2 saturated carbocycles. The van der Waals surface area contributed by atoms with E-state index < -0.39 is 11.5 Å². The summed E-state index contributed by atoms with van der Waals surface area (Å²) in [5.74, 6) is 0.242. The van der Waals surface area contributed by atoms with E-state index in [1.54, 1.807) is 0 Å². The van der Waals surface area contributed by atoms with Gasteiger partial charge in [-0.05, 0) is 38.0 Å². The van der Waals surface area contributed by atoms with E-state index in [2.05, 4.69) is 4.90 Å². The molecule has 0 spiro atoms. The van der Waals surface area contributed by atoms with Crippen molar-refractivity contribution in [1.82, 2.24) is 4.90 Å². The number of hydrogen-bond donors (Lipinski definition) is 1. The minimum absolute atomic E-state index is 0.504. The number of piperidine rings is 1. The Balaban J connectivity index is 1.85. The van der Waals surface area contributed by atoms with Crippen molar-refractivity contribution in [2.24, 2.45) is 5.92 Å². The van der Waals surface area contributed by atoms with Crippen LogP contribution in [0.3, 0.4) is 0 Å². The molecule has 0 aromatic carbocycles. The van der Waals surface area contributed by atoms with Crippen LogP contribution in [0.5, 0.6) is 0 Å². The van der Waals surface area contributed by atoms with E-state index in [0.29, 0.717) is 6.04 Å². The van der Waals surface area contributed by atoms with Crippen molar-refractivity contribution in [1.29, 1.82) is 0 Å². The smallest absolute Gasteiger partial charge is 0.324 e. The average molecular weight is 237 g/mol. The van der Waals surface area contributed by atoms with Crippen LogP contribution >= 0.6 is 0 Å². The fourth-order valence-corrected chi connectivity index (χ4v) is 4.39. The quantitative estimate of drug-likeness (QED) is 0.751. The zero-order valence-corrected chi connectivity index (χ0v) is 10.5. The summed E-state index contributed by atoms with van der Waals surface area (Å²) in [5.41, 5.74) is -0.504. The van der Waals surface area contributed by atoms with Crippen molar-refractivity contribution in [3.63, 3.8) is 0 Å². The molecule has 96 valence electrons. The lowest BCUT2D eigenvalue weighted by Crippen LogP contribution is -2.57. The van der Waals surface area contributed by atoms with Gasteiger partial charge in [-0.3, -0.25) is 9.69 Å². The lowest BCUT2D eigenvalue weighted by atomic mass is 9.86. The van der Waals surface area contributed by atoms with Gasteiger partial charge in [0.1, 0.15) is 5.54 Å². The second-order valence-corrected chi connectivity index (χ2v) is 6.24. The summed E-state index contributed by atoms with van der Waals surface area (Å²) in [6.07, 6.45) is 10.2. The maximum Gasteiger partial charge on any atom is 0.324 e. The lowest BCUT2D eigenvalue weighted by Gasteiger charge is -2.42. The summed E-state index contributed by atoms with van der Waals surface area (Å²) < 4.78 is 0. The van der Waals surface area contributed by atoms with Crippen LogP contribution in [-0.4, -0.2) is 34.1 Å². The molecular weight excluding hydrogens is 214 g/mol. The van der Waals surface area contributed by atoms with Crippen molar-refractivity contribution in [2.75, 3.05) is 6.54 Å². The molecule has 17 heavy (non-hydrogen) atoms. The third-order valence-electron chi connectivity index (χ3n) is 5.29. The fraction of sp³-hybridized carbons (Fsp3) is 0.929. The Kier molecular flexibility index (Phi) is 2.89. The number of likely N-dealkylation sites (tertiary alicyclic amines) is 1. The Morgan fingerprint density at radius 3 is 2.29 bits per heavy atom. The van der Waals surface area contributed by atoms with Gasteiger partial charge >= 0.3 is 5.97 Å². The van der Waals surface area contributed by atoms with Crippen LogP contribution < -0.4 is 0 Å². The van der Waals surface area contributed by atoms with E-state index in [0.717, 1.165) is 38.1 Å². The molecule has 2 bridgehead atoms. The minimum atomic E-state index is -0.549. The molecule has 1 aliphatic heterocycles. The van der Waals surface area contributed by atoms with Crippen LogP contribution in [0.15, 0.2) is 0 Å². The fourth-order valence-electron chi connectivity index (χ4n) is 4.39. The van der Waals surface area contributed by atoms with E-state index in [-0.39, 0.29) is 0 Å². The molecule has 0 aromatic heterocycles. The number of carboxylic acid groups (broad SMARTS) is 1. The van der Waals surface area contributed by atoms with Crippen LogP contribution in [0, 0.1) is 5.92 Å². The molecule has 2 unspecified atom stereocenters. The molecule has 2 atom stereocenters. The largest absolute Gasteiger partial charge is 0.480 e. The van der Waals surface area contributed by atoms with Crippen molar-refractivity contribution in [3.05, 3.63) is 0 Å². The molecule has 1 heterocycles. The molecule has 1 N–H and O–H groups in total. The van der Waals surface area contributed by atoms with Gasteiger partial charge in [-0.25, -0.2) is 0 Å². The number of fused-ring (bicyclic) bond motifs is 2. The predicted octanol–water partition coefficient (Wildman–Crippen LogP) is 2.65. The van der Waals surface area contributed by atoms with Crippen molar-refractivity contribution >= 4 is 5.97 Å². The molecule has 3 aliphatic rings. The monoisotopic (exact) mass is 237 g/mol. The molecular formula is C14H23NO2. The molecule has 1 saturated heterocycles. The van der Waals surface area contributed by atoms with Crippen LogP contribution in [0.4, 0.5) is 0 Å². The molecule has 3 nitrogen and oxygen atoms in total. The van der Waals surface area contributed by atoms with E-state index in [9.17, 15) is 9.90 Å².